The van der Waals surface area contributed by atoms with Gasteiger partial charge in [0.05, 0.1) is 39.8 Å². The second-order valence-electron chi connectivity index (χ2n) is 9.48. The molecule has 0 N–H and O–H groups in total. The van der Waals surface area contributed by atoms with Crippen LogP contribution in [0.25, 0.3) is 22.9 Å². The molecule has 231 valence electrons. The molecule has 6 rings (SSSR count). The minimum absolute atomic E-state index is 0. The average molecular weight is 769 g/mol. The van der Waals surface area contributed by atoms with Crippen molar-refractivity contribution >= 4 is 0 Å². The number of nitrogens with zero attached hydrogens (tertiary/aromatic N) is 9. The molecule has 6 aromatic rings. The number of aryl methyl sites for hydroxylation is 2. The molecule has 1 radical (unpaired) electrons. The SMILES string of the molecule is COc1cc[c-]c(-n2[c-][n+](C)c(C)c2C)c1.COc1cc[c-]c(-n2[c-][n+](C)c(C)c2C)c1.[Ir].c1ccc(-c2nnn[n-]2)nc1. The number of benzene rings is 2. The van der Waals surface area contributed by atoms with Gasteiger partial charge < -0.3 is 32.8 Å². The molecule has 44 heavy (non-hydrogen) atoms. The predicted molar refractivity (Wildman–Crippen MR) is 158 cm³/mol. The summed E-state index contributed by atoms with van der Waals surface area (Å²) in [5.74, 6) is 2.12. The van der Waals surface area contributed by atoms with Gasteiger partial charge in [-0.1, -0.05) is 17.4 Å². The van der Waals surface area contributed by atoms with Crippen molar-refractivity contribution in [3.63, 3.8) is 0 Å². The van der Waals surface area contributed by atoms with Crippen molar-refractivity contribution < 1.29 is 38.7 Å². The first-order valence-corrected chi connectivity index (χ1v) is 13.4. The largest absolute Gasteiger partial charge is 0.523 e. The third-order valence-electron chi connectivity index (χ3n) is 6.91. The van der Waals surface area contributed by atoms with Crippen LogP contribution in [-0.2, 0) is 34.2 Å². The van der Waals surface area contributed by atoms with Crippen molar-refractivity contribution in [2.75, 3.05) is 14.2 Å². The molecule has 0 bridgehead atoms. The zero-order chi connectivity index (χ0) is 30.9. The number of aromatic nitrogens is 9. The molecule has 4 heterocycles. The van der Waals surface area contributed by atoms with Crippen molar-refractivity contribution in [2.45, 2.75) is 27.7 Å². The van der Waals surface area contributed by atoms with Crippen LogP contribution in [0.1, 0.15) is 22.8 Å². The first-order valence-electron chi connectivity index (χ1n) is 13.4. The Bertz CT molecular complexity index is 1670. The number of tetrazole rings is 1. The Labute approximate surface area is 271 Å². The van der Waals surface area contributed by atoms with Crippen molar-refractivity contribution in [3.05, 3.63) is 108 Å². The molecule has 0 aliphatic rings. The molecule has 0 atom stereocenters. The second-order valence-corrected chi connectivity index (χ2v) is 9.48. The Morgan fingerprint density at radius 2 is 1.30 bits per heavy atom. The fourth-order valence-electron chi connectivity index (χ4n) is 4.00. The normalized spacial score (nSPS) is 10.1. The number of rotatable bonds is 5. The third kappa shape index (κ3) is 8.03. The first kappa shape index (κ1) is 33.8. The van der Waals surface area contributed by atoms with E-state index in [1.54, 1.807) is 26.5 Å². The second kappa shape index (κ2) is 15.7. The van der Waals surface area contributed by atoms with Crippen molar-refractivity contribution in [2.24, 2.45) is 14.1 Å². The number of pyridine rings is 1. The first-order chi connectivity index (χ1) is 20.7. The van der Waals surface area contributed by atoms with E-state index in [9.17, 15) is 0 Å². The van der Waals surface area contributed by atoms with Crippen LogP contribution in [-0.4, -0.2) is 43.9 Å². The number of hydrogen-bond acceptors (Lipinski definition) is 6. The summed E-state index contributed by atoms with van der Waals surface area (Å²) >= 11 is 0. The molecule has 0 aliphatic heterocycles. The van der Waals surface area contributed by atoms with E-state index in [0.717, 1.165) is 34.3 Å². The van der Waals surface area contributed by atoms with Crippen molar-refractivity contribution in [3.8, 4) is 34.4 Å². The Morgan fingerprint density at radius 1 is 0.773 bits per heavy atom. The van der Waals surface area contributed by atoms with Gasteiger partial charge in [0, 0.05) is 60.6 Å². The average Bonchev–Trinajstić information content (AvgIpc) is 3.75. The van der Waals surface area contributed by atoms with E-state index in [0.29, 0.717) is 11.5 Å². The maximum atomic E-state index is 5.20. The van der Waals surface area contributed by atoms with Crippen LogP contribution in [0, 0.1) is 52.5 Å². The molecule has 12 heteroatoms. The summed E-state index contributed by atoms with van der Waals surface area (Å²) in [4.78, 5) is 4.02. The standard InChI is InChI=1S/2C13H15N2O.C6H4N5.Ir/c2*1-10-11(2)15(9-14(10)3)12-6-5-7-13(8-12)16-4;1-2-4-7-5(3-1)6-8-10-11-9-6;/h2*5,7-8H,1-4H3;1-4H;/q3*-1;. The number of methoxy groups -OCH3 is 2. The topological polar surface area (TPSA) is 102 Å². The smallest absolute Gasteiger partial charge is 0.241 e. The zero-order valence-corrected chi connectivity index (χ0v) is 28.3. The molecule has 11 nitrogen and oxygen atoms in total. The predicted octanol–water partition coefficient (Wildman–Crippen LogP) is 2.94. The van der Waals surface area contributed by atoms with Crippen molar-refractivity contribution in [1.82, 2.24) is 34.7 Å². The molecular formula is C32H34IrN9O2-3. The van der Waals surface area contributed by atoms with E-state index in [2.05, 4.69) is 78.1 Å². The van der Waals surface area contributed by atoms with Gasteiger partial charge in [-0.2, -0.15) is 29.5 Å². The van der Waals surface area contributed by atoms with Crippen LogP contribution in [0.2, 0.25) is 0 Å². The molecule has 2 aromatic carbocycles. The van der Waals surface area contributed by atoms with E-state index < -0.39 is 0 Å². The fraction of sp³-hybridized carbons (Fsp3) is 0.250. The maximum Gasteiger partial charge on any atom is 0.241 e. The fourth-order valence-corrected chi connectivity index (χ4v) is 4.00. The summed E-state index contributed by atoms with van der Waals surface area (Å²) in [6, 6.07) is 23.2. The molecule has 0 unspecified atom stereocenters. The van der Waals surface area contributed by atoms with Gasteiger partial charge in [0.25, 0.3) is 0 Å². The van der Waals surface area contributed by atoms with Gasteiger partial charge in [0.1, 0.15) is 0 Å². The van der Waals surface area contributed by atoms with E-state index >= 15 is 0 Å². The van der Waals surface area contributed by atoms with Gasteiger partial charge in [-0.15, -0.1) is 24.3 Å². The minimum Gasteiger partial charge on any atom is -0.523 e. The van der Waals surface area contributed by atoms with Gasteiger partial charge >= 0.3 is 0 Å². The third-order valence-corrected chi connectivity index (χ3v) is 6.91. The van der Waals surface area contributed by atoms with Gasteiger partial charge in [-0.05, 0) is 39.8 Å². The molecule has 0 saturated heterocycles. The Balaban J connectivity index is 0.000000181. The molecule has 0 fully saturated rings. The quantitative estimate of drug-likeness (QED) is 0.197. The summed E-state index contributed by atoms with van der Waals surface area (Å²) in [6.07, 6.45) is 8.13. The molecule has 0 amide bonds. The number of hydrogen-bond donors (Lipinski definition) is 0. The molecular weight excluding hydrogens is 735 g/mol. The molecule has 0 aliphatic carbocycles. The maximum absolute atomic E-state index is 5.20. The summed E-state index contributed by atoms with van der Waals surface area (Å²) in [5, 5.41) is 14.0. The van der Waals surface area contributed by atoms with Gasteiger partial charge in [0.15, 0.2) is 0 Å². The van der Waals surface area contributed by atoms with E-state index in [1.165, 1.54) is 11.4 Å². The van der Waals surface area contributed by atoms with Gasteiger partial charge in [-0.3, -0.25) is 15.3 Å². The van der Waals surface area contributed by atoms with Crippen LogP contribution in [0.3, 0.4) is 0 Å². The summed E-state index contributed by atoms with van der Waals surface area (Å²) < 4.78 is 18.3. The van der Waals surface area contributed by atoms with E-state index in [1.807, 2.05) is 80.9 Å². The monoisotopic (exact) mass is 769 g/mol. The Hall–Kier alpha value is -4.67. The van der Waals surface area contributed by atoms with Crippen LogP contribution in [0.15, 0.2) is 60.8 Å². The van der Waals surface area contributed by atoms with Crippen LogP contribution in [0.5, 0.6) is 11.5 Å². The van der Waals surface area contributed by atoms with Crippen LogP contribution >= 0.6 is 0 Å². The number of imidazole rings is 2. The van der Waals surface area contributed by atoms with Crippen LogP contribution in [0.4, 0.5) is 0 Å². The molecule has 0 spiro atoms. The van der Waals surface area contributed by atoms with Gasteiger partial charge in [-0.25, -0.2) is 0 Å². The molecule has 0 saturated carbocycles. The van der Waals surface area contributed by atoms with Gasteiger partial charge in [0.2, 0.25) is 12.7 Å². The van der Waals surface area contributed by atoms with E-state index in [4.69, 9.17) is 9.47 Å². The minimum atomic E-state index is 0. The van der Waals surface area contributed by atoms with Crippen molar-refractivity contribution in [1.29, 1.82) is 0 Å². The Morgan fingerprint density at radius 3 is 1.66 bits per heavy atom. The summed E-state index contributed by atoms with van der Waals surface area (Å²) in [6.45, 7) is 8.28. The van der Waals surface area contributed by atoms with Crippen LogP contribution < -0.4 is 23.7 Å². The summed E-state index contributed by atoms with van der Waals surface area (Å²) in [5.41, 5.74) is 7.28. The summed E-state index contributed by atoms with van der Waals surface area (Å²) in [7, 11) is 7.30. The Kier molecular flexibility index (Phi) is 12.1. The van der Waals surface area contributed by atoms with E-state index in [-0.39, 0.29) is 20.1 Å². The number of ether oxygens (including phenoxy) is 2. The zero-order valence-electron chi connectivity index (χ0n) is 25.9. The molecule has 4 aromatic heterocycles.